The van der Waals surface area contributed by atoms with Crippen molar-refractivity contribution in [1.82, 2.24) is 10.2 Å². The number of nitrogens with one attached hydrogen (secondary N) is 1. The number of aromatic carboxylic acids is 1. The number of hydrogen-bond donors (Lipinski definition) is 2. The third kappa shape index (κ3) is 4.83. The summed E-state index contributed by atoms with van der Waals surface area (Å²) in [4.78, 5) is 13.3. The first kappa shape index (κ1) is 18.9. The predicted molar refractivity (Wildman–Crippen MR) is 102 cm³/mol. The summed E-state index contributed by atoms with van der Waals surface area (Å²) < 4.78 is 5.48. The average Bonchev–Trinajstić information content (AvgIpc) is 2.67. The van der Waals surface area contributed by atoms with Crippen LogP contribution in [0.2, 0.25) is 5.02 Å². The van der Waals surface area contributed by atoms with Gasteiger partial charge >= 0.3 is 5.97 Å². The molecule has 0 spiro atoms. The van der Waals surface area contributed by atoms with E-state index in [-0.39, 0.29) is 6.04 Å². The summed E-state index contributed by atoms with van der Waals surface area (Å²) in [6, 6.07) is 15.1. The van der Waals surface area contributed by atoms with Crippen LogP contribution in [0.5, 0.6) is 0 Å². The van der Waals surface area contributed by atoms with Gasteiger partial charge in [0.1, 0.15) is 0 Å². The van der Waals surface area contributed by atoms with Gasteiger partial charge in [-0.2, -0.15) is 0 Å². The Morgan fingerprint density at radius 2 is 1.85 bits per heavy atom. The quantitative estimate of drug-likeness (QED) is 0.779. The fourth-order valence-electron chi connectivity index (χ4n) is 3.19. The minimum atomic E-state index is -0.907. The van der Waals surface area contributed by atoms with Gasteiger partial charge in [0.05, 0.1) is 18.8 Å². The van der Waals surface area contributed by atoms with Crippen molar-refractivity contribution in [3.8, 4) is 0 Å². The zero-order valence-corrected chi connectivity index (χ0v) is 15.3. The Labute approximate surface area is 158 Å². The van der Waals surface area contributed by atoms with Crippen molar-refractivity contribution in [1.29, 1.82) is 0 Å². The van der Waals surface area contributed by atoms with E-state index in [1.807, 2.05) is 30.3 Å². The lowest BCUT2D eigenvalue weighted by atomic mass is 10.0. The Balaban J connectivity index is 1.66. The molecule has 1 unspecified atom stereocenters. The third-order valence-electron chi connectivity index (χ3n) is 4.62. The van der Waals surface area contributed by atoms with Gasteiger partial charge in [-0.15, -0.1) is 0 Å². The summed E-state index contributed by atoms with van der Waals surface area (Å²) in [7, 11) is 0. The van der Waals surface area contributed by atoms with E-state index in [2.05, 4.69) is 16.3 Å². The molecular weight excluding hydrogens is 352 g/mol. The largest absolute Gasteiger partial charge is 0.478 e. The highest BCUT2D eigenvalue weighted by Crippen LogP contribution is 2.27. The Kier molecular flexibility index (Phi) is 6.63. The predicted octanol–water partition coefficient (Wildman–Crippen LogP) is 3.20. The number of morpholine rings is 1. The molecule has 2 aromatic carbocycles. The fourth-order valence-corrected chi connectivity index (χ4v) is 3.45. The smallest absolute Gasteiger partial charge is 0.335 e. The molecule has 26 heavy (non-hydrogen) atoms. The molecule has 0 bridgehead atoms. The summed E-state index contributed by atoms with van der Waals surface area (Å²) >= 11 is 6.44. The summed E-state index contributed by atoms with van der Waals surface area (Å²) in [5.41, 5.74) is 2.47. The van der Waals surface area contributed by atoms with Gasteiger partial charge in [0.2, 0.25) is 0 Å². The van der Waals surface area contributed by atoms with Crippen LogP contribution in [0.1, 0.15) is 27.5 Å². The van der Waals surface area contributed by atoms with Crippen molar-refractivity contribution in [2.75, 3.05) is 32.8 Å². The lowest BCUT2D eigenvalue weighted by Crippen LogP contribution is -2.42. The first-order chi connectivity index (χ1) is 12.6. The van der Waals surface area contributed by atoms with Crippen LogP contribution in [0.25, 0.3) is 0 Å². The molecule has 0 aromatic heterocycles. The molecule has 1 saturated heterocycles. The molecule has 0 aliphatic carbocycles. The number of rotatable bonds is 7. The summed E-state index contributed by atoms with van der Waals surface area (Å²) in [5, 5.41) is 13.2. The SMILES string of the molecule is O=C(O)c1ccc(CNCC(c2ccccc2Cl)N2CCOCC2)cc1. The minimum Gasteiger partial charge on any atom is -0.478 e. The van der Waals surface area contributed by atoms with E-state index in [0.29, 0.717) is 12.1 Å². The van der Waals surface area contributed by atoms with Crippen LogP contribution in [0.3, 0.4) is 0 Å². The fraction of sp³-hybridized carbons (Fsp3) is 0.350. The molecule has 0 amide bonds. The maximum absolute atomic E-state index is 10.9. The van der Waals surface area contributed by atoms with Crippen molar-refractivity contribution >= 4 is 17.6 Å². The van der Waals surface area contributed by atoms with Gasteiger partial charge in [-0.3, -0.25) is 4.90 Å². The van der Waals surface area contributed by atoms with Crippen LogP contribution >= 0.6 is 11.6 Å². The number of carboxylic acid groups (broad SMARTS) is 1. The van der Waals surface area contributed by atoms with Crippen LogP contribution < -0.4 is 5.32 Å². The highest BCUT2D eigenvalue weighted by atomic mass is 35.5. The highest BCUT2D eigenvalue weighted by molar-refractivity contribution is 6.31. The van der Waals surface area contributed by atoms with Gasteiger partial charge in [0.25, 0.3) is 0 Å². The summed E-state index contributed by atoms with van der Waals surface area (Å²) in [5.74, 6) is -0.907. The van der Waals surface area contributed by atoms with Crippen LogP contribution in [0.15, 0.2) is 48.5 Å². The maximum Gasteiger partial charge on any atom is 0.335 e. The Morgan fingerprint density at radius 3 is 2.50 bits per heavy atom. The van der Waals surface area contributed by atoms with Gasteiger partial charge in [0.15, 0.2) is 0 Å². The number of ether oxygens (including phenoxy) is 1. The number of benzene rings is 2. The molecule has 1 aliphatic rings. The lowest BCUT2D eigenvalue weighted by Gasteiger charge is -2.35. The molecule has 1 aliphatic heterocycles. The van der Waals surface area contributed by atoms with E-state index in [1.54, 1.807) is 12.1 Å². The summed E-state index contributed by atoms with van der Waals surface area (Å²) in [6.07, 6.45) is 0. The van der Waals surface area contributed by atoms with Gasteiger partial charge in [-0.1, -0.05) is 41.9 Å². The zero-order chi connectivity index (χ0) is 18.4. The van der Waals surface area contributed by atoms with Crippen LogP contribution in [-0.2, 0) is 11.3 Å². The van der Waals surface area contributed by atoms with Gasteiger partial charge in [-0.25, -0.2) is 4.79 Å². The number of hydrogen-bond acceptors (Lipinski definition) is 4. The van der Waals surface area contributed by atoms with Gasteiger partial charge in [-0.05, 0) is 29.3 Å². The average molecular weight is 375 g/mol. The van der Waals surface area contributed by atoms with Crippen molar-refractivity contribution in [2.24, 2.45) is 0 Å². The van der Waals surface area contributed by atoms with Crippen molar-refractivity contribution < 1.29 is 14.6 Å². The Hall–Kier alpha value is -1.92. The van der Waals surface area contributed by atoms with Crippen LogP contribution in [0, 0.1) is 0 Å². The van der Waals surface area contributed by atoms with E-state index in [4.69, 9.17) is 21.4 Å². The topological polar surface area (TPSA) is 61.8 Å². The normalized spacial score (nSPS) is 16.3. The molecular formula is C20H23ClN2O3. The van der Waals surface area contributed by atoms with Gasteiger partial charge < -0.3 is 15.2 Å². The second-order valence-electron chi connectivity index (χ2n) is 6.32. The summed E-state index contributed by atoms with van der Waals surface area (Å²) in [6.45, 7) is 4.65. The first-order valence-corrected chi connectivity index (χ1v) is 9.12. The second kappa shape index (κ2) is 9.14. The molecule has 5 nitrogen and oxygen atoms in total. The maximum atomic E-state index is 10.9. The monoisotopic (exact) mass is 374 g/mol. The third-order valence-corrected chi connectivity index (χ3v) is 4.96. The van der Waals surface area contributed by atoms with Crippen molar-refractivity contribution in [3.05, 3.63) is 70.2 Å². The molecule has 1 fully saturated rings. The lowest BCUT2D eigenvalue weighted by molar-refractivity contribution is 0.0161. The molecule has 3 rings (SSSR count). The molecule has 138 valence electrons. The van der Waals surface area contributed by atoms with E-state index in [1.165, 1.54) is 0 Å². The highest BCUT2D eigenvalue weighted by Gasteiger charge is 2.23. The zero-order valence-electron chi connectivity index (χ0n) is 14.5. The number of carbonyl (C=O) groups is 1. The number of nitrogens with zero attached hydrogens (tertiary/aromatic N) is 1. The minimum absolute atomic E-state index is 0.172. The molecule has 0 radical (unpaired) electrons. The Bertz CT molecular complexity index is 730. The van der Waals surface area contributed by atoms with Crippen molar-refractivity contribution in [3.63, 3.8) is 0 Å². The van der Waals surface area contributed by atoms with E-state index in [9.17, 15) is 4.79 Å². The van der Waals surface area contributed by atoms with Crippen LogP contribution in [-0.4, -0.2) is 48.8 Å². The van der Waals surface area contributed by atoms with Crippen molar-refractivity contribution in [2.45, 2.75) is 12.6 Å². The molecule has 1 heterocycles. The standard InChI is InChI=1S/C20H23ClN2O3/c21-18-4-2-1-3-17(18)19(23-9-11-26-12-10-23)14-22-13-15-5-7-16(8-6-15)20(24)25/h1-8,19,22H,9-14H2,(H,24,25). The molecule has 1 atom stereocenters. The molecule has 6 heteroatoms. The van der Waals surface area contributed by atoms with E-state index < -0.39 is 5.97 Å². The molecule has 2 aromatic rings. The molecule has 2 N–H and O–H groups in total. The first-order valence-electron chi connectivity index (χ1n) is 8.74. The second-order valence-corrected chi connectivity index (χ2v) is 6.73. The number of carboxylic acids is 1. The van der Waals surface area contributed by atoms with E-state index in [0.717, 1.165) is 49.0 Å². The van der Waals surface area contributed by atoms with E-state index >= 15 is 0 Å². The number of halogens is 1. The molecule has 0 saturated carbocycles. The van der Waals surface area contributed by atoms with Crippen LogP contribution in [0.4, 0.5) is 0 Å². The van der Waals surface area contributed by atoms with Gasteiger partial charge in [0, 0.05) is 37.2 Å². The Morgan fingerprint density at radius 1 is 1.15 bits per heavy atom.